The van der Waals surface area contributed by atoms with Crippen LogP contribution in [0.25, 0.3) is 0 Å². The summed E-state index contributed by atoms with van der Waals surface area (Å²) in [5.74, 6) is 0.488. The zero-order valence-electron chi connectivity index (χ0n) is 14.6. The van der Waals surface area contributed by atoms with Gasteiger partial charge in [0.05, 0.1) is 0 Å². The third-order valence-electron chi connectivity index (χ3n) is 4.11. The van der Waals surface area contributed by atoms with Crippen LogP contribution in [-0.4, -0.2) is 11.8 Å². The Kier molecular flexibility index (Phi) is 4.55. The van der Waals surface area contributed by atoms with E-state index in [4.69, 9.17) is 9.47 Å². The Labute approximate surface area is 134 Å². The van der Waals surface area contributed by atoms with Crippen molar-refractivity contribution in [2.75, 3.05) is 0 Å². The van der Waals surface area contributed by atoms with Crippen LogP contribution in [0.4, 0.5) is 4.79 Å². The van der Waals surface area contributed by atoms with E-state index in [0.717, 1.165) is 18.4 Å². The van der Waals surface area contributed by atoms with Crippen molar-refractivity contribution in [1.82, 2.24) is 0 Å². The van der Waals surface area contributed by atoms with Gasteiger partial charge in [-0.1, -0.05) is 45.0 Å². The Morgan fingerprint density at radius 3 is 2.14 bits per heavy atom. The number of benzene rings is 1. The normalized spacial score (nSPS) is 21.9. The van der Waals surface area contributed by atoms with Gasteiger partial charge in [0, 0.05) is 0 Å². The van der Waals surface area contributed by atoms with E-state index in [0.29, 0.717) is 5.92 Å². The summed E-state index contributed by atoms with van der Waals surface area (Å²) in [7, 11) is 0. The number of hydrogen-bond acceptors (Lipinski definition) is 3. The predicted octanol–water partition coefficient (Wildman–Crippen LogP) is 5.60. The number of rotatable bonds is 1. The molecule has 0 aromatic heterocycles. The highest BCUT2D eigenvalue weighted by Crippen LogP contribution is 2.47. The van der Waals surface area contributed by atoms with Crippen molar-refractivity contribution in [3.8, 4) is 0 Å². The Morgan fingerprint density at radius 2 is 1.59 bits per heavy atom. The van der Waals surface area contributed by atoms with Crippen molar-refractivity contribution >= 4 is 6.16 Å². The molecule has 1 aliphatic rings. The van der Waals surface area contributed by atoms with Crippen molar-refractivity contribution in [1.29, 1.82) is 0 Å². The molecule has 122 valence electrons. The molecule has 2 rings (SSSR count). The molecule has 22 heavy (non-hydrogen) atoms. The van der Waals surface area contributed by atoms with E-state index >= 15 is 0 Å². The molecule has 2 atom stereocenters. The lowest BCUT2D eigenvalue weighted by Gasteiger charge is -2.38. The second kappa shape index (κ2) is 5.94. The number of hydrogen-bond donors (Lipinski definition) is 0. The minimum Gasteiger partial charge on any atom is -0.429 e. The topological polar surface area (TPSA) is 35.5 Å². The Balaban J connectivity index is 2.20. The summed E-state index contributed by atoms with van der Waals surface area (Å²) in [6, 6.07) is 8.31. The fourth-order valence-electron chi connectivity index (χ4n) is 3.16. The first kappa shape index (κ1) is 16.9. The van der Waals surface area contributed by atoms with Crippen molar-refractivity contribution in [3.63, 3.8) is 0 Å². The van der Waals surface area contributed by atoms with Crippen LogP contribution in [0.15, 0.2) is 24.3 Å². The molecule has 2 unspecified atom stereocenters. The van der Waals surface area contributed by atoms with Gasteiger partial charge in [-0.2, -0.15) is 0 Å². The second-order valence-electron chi connectivity index (χ2n) is 8.20. The standard InChI is InChI=1S/C19H28O3/c1-18(2,3)15-11-12-16(14-10-8-7-9-13(14)15)21-17(20)22-19(4,5)6/h7-10,15-16H,11-12H2,1-6H3. The monoisotopic (exact) mass is 304 g/mol. The van der Waals surface area contributed by atoms with Crippen molar-refractivity contribution in [2.45, 2.75) is 72.0 Å². The highest BCUT2D eigenvalue weighted by Gasteiger charge is 2.36. The van der Waals surface area contributed by atoms with Crippen LogP contribution < -0.4 is 0 Å². The van der Waals surface area contributed by atoms with Crippen LogP contribution in [0.1, 0.15) is 77.5 Å². The van der Waals surface area contributed by atoms with Gasteiger partial charge in [-0.05, 0) is 56.1 Å². The highest BCUT2D eigenvalue weighted by molar-refractivity contribution is 5.61. The first-order valence-corrected chi connectivity index (χ1v) is 8.06. The maximum absolute atomic E-state index is 12.0. The van der Waals surface area contributed by atoms with Crippen LogP contribution in [-0.2, 0) is 9.47 Å². The molecule has 1 aliphatic carbocycles. The molecule has 0 radical (unpaired) electrons. The summed E-state index contributed by atoms with van der Waals surface area (Å²) in [6.45, 7) is 12.3. The number of carbonyl (C=O) groups excluding carboxylic acids is 1. The van der Waals surface area contributed by atoms with Gasteiger partial charge in [-0.15, -0.1) is 0 Å². The van der Waals surface area contributed by atoms with E-state index in [1.165, 1.54) is 5.56 Å². The Morgan fingerprint density at radius 1 is 1.00 bits per heavy atom. The molecule has 0 fully saturated rings. The molecule has 1 aromatic carbocycles. The Hall–Kier alpha value is -1.51. The van der Waals surface area contributed by atoms with Crippen LogP contribution in [0.3, 0.4) is 0 Å². The molecule has 0 bridgehead atoms. The maximum Gasteiger partial charge on any atom is 0.509 e. The summed E-state index contributed by atoms with van der Waals surface area (Å²) in [4.78, 5) is 12.0. The van der Waals surface area contributed by atoms with Crippen molar-refractivity contribution in [3.05, 3.63) is 35.4 Å². The fourth-order valence-corrected chi connectivity index (χ4v) is 3.16. The molecule has 1 aromatic rings. The van der Waals surface area contributed by atoms with Crippen molar-refractivity contribution < 1.29 is 14.3 Å². The first-order chi connectivity index (χ1) is 10.1. The van der Waals surface area contributed by atoms with Gasteiger partial charge in [0.2, 0.25) is 0 Å². The molecular formula is C19H28O3. The quantitative estimate of drug-likeness (QED) is 0.633. The molecule has 3 heteroatoms. The van der Waals surface area contributed by atoms with E-state index in [9.17, 15) is 4.79 Å². The number of ether oxygens (including phenoxy) is 2. The van der Waals surface area contributed by atoms with E-state index in [-0.39, 0.29) is 11.5 Å². The fraction of sp³-hybridized carbons (Fsp3) is 0.632. The van der Waals surface area contributed by atoms with Gasteiger partial charge in [-0.3, -0.25) is 0 Å². The van der Waals surface area contributed by atoms with Crippen LogP contribution in [0, 0.1) is 5.41 Å². The lowest BCUT2D eigenvalue weighted by Crippen LogP contribution is -2.29. The average molecular weight is 304 g/mol. The van der Waals surface area contributed by atoms with E-state index in [1.54, 1.807) is 0 Å². The molecule has 0 amide bonds. The van der Waals surface area contributed by atoms with Gasteiger partial charge in [0.1, 0.15) is 11.7 Å². The van der Waals surface area contributed by atoms with Gasteiger partial charge in [-0.25, -0.2) is 4.79 Å². The third-order valence-corrected chi connectivity index (χ3v) is 4.11. The lowest BCUT2D eigenvalue weighted by atomic mass is 9.69. The minimum absolute atomic E-state index is 0.201. The third kappa shape index (κ3) is 4.02. The molecule has 0 N–H and O–H groups in total. The largest absolute Gasteiger partial charge is 0.509 e. The summed E-state index contributed by atoms with van der Waals surface area (Å²) in [6.07, 6.45) is 1.08. The Bertz CT molecular complexity index is 534. The molecule has 0 aliphatic heterocycles. The summed E-state index contributed by atoms with van der Waals surface area (Å²) < 4.78 is 10.9. The molecular weight excluding hydrogens is 276 g/mol. The highest BCUT2D eigenvalue weighted by atomic mass is 16.7. The molecule has 3 nitrogen and oxygen atoms in total. The smallest absolute Gasteiger partial charge is 0.429 e. The first-order valence-electron chi connectivity index (χ1n) is 8.06. The summed E-state index contributed by atoms with van der Waals surface area (Å²) in [5.41, 5.74) is 2.10. The van der Waals surface area contributed by atoms with Crippen molar-refractivity contribution in [2.24, 2.45) is 5.41 Å². The summed E-state index contributed by atoms with van der Waals surface area (Å²) >= 11 is 0. The predicted molar refractivity (Wildman–Crippen MR) is 87.9 cm³/mol. The average Bonchev–Trinajstić information content (AvgIpc) is 2.35. The molecule has 0 spiro atoms. The molecule has 0 saturated heterocycles. The van der Waals surface area contributed by atoms with Crippen LogP contribution >= 0.6 is 0 Å². The zero-order valence-corrected chi connectivity index (χ0v) is 14.6. The molecule has 0 saturated carbocycles. The summed E-state index contributed by atoms with van der Waals surface area (Å²) in [5, 5.41) is 0. The maximum atomic E-state index is 12.0. The number of fused-ring (bicyclic) bond motifs is 1. The van der Waals surface area contributed by atoms with Crippen LogP contribution in [0.2, 0.25) is 0 Å². The van der Waals surface area contributed by atoms with Gasteiger partial charge in [0.15, 0.2) is 0 Å². The van der Waals surface area contributed by atoms with E-state index in [2.05, 4.69) is 39.0 Å². The second-order valence-corrected chi connectivity index (χ2v) is 8.20. The van der Waals surface area contributed by atoms with Gasteiger partial charge in [0.25, 0.3) is 0 Å². The van der Waals surface area contributed by atoms with Crippen LogP contribution in [0.5, 0.6) is 0 Å². The van der Waals surface area contributed by atoms with E-state index in [1.807, 2.05) is 26.8 Å². The lowest BCUT2D eigenvalue weighted by molar-refractivity contribution is -0.0323. The SMILES string of the molecule is CC(C)(C)OC(=O)OC1CCC(C(C)(C)C)c2ccccc21. The van der Waals surface area contributed by atoms with Gasteiger partial charge >= 0.3 is 6.16 Å². The van der Waals surface area contributed by atoms with E-state index < -0.39 is 11.8 Å². The number of carbonyl (C=O) groups is 1. The zero-order chi connectivity index (χ0) is 16.5. The molecule has 0 heterocycles. The minimum atomic E-state index is -0.582. The van der Waals surface area contributed by atoms with Gasteiger partial charge < -0.3 is 9.47 Å².